The van der Waals surface area contributed by atoms with Crippen molar-refractivity contribution in [1.29, 1.82) is 5.26 Å². The minimum Gasteiger partial charge on any atom is -0.319 e. The molecule has 0 aliphatic rings. The summed E-state index contributed by atoms with van der Waals surface area (Å²) in [7, 11) is 0. The van der Waals surface area contributed by atoms with Crippen molar-refractivity contribution in [2.45, 2.75) is 0 Å². The molecular formula is C16H9BrClFN2O. The summed E-state index contributed by atoms with van der Waals surface area (Å²) in [5.74, 6) is -1.29. The number of carbonyl (C=O) groups excluding carboxylic acids is 1. The molecule has 0 spiro atoms. The van der Waals surface area contributed by atoms with Gasteiger partial charge < -0.3 is 5.32 Å². The Morgan fingerprint density at radius 1 is 1.32 bits per heavy atom. The lowest BCUT2D eigenvalue weighted by Crippen LogP contribution is -2.14. The fraction of sp³-hybridized carbons (Fsp3) is 0. The molecule has 0 aromatic heterocycles. The summed E-state index contributed by atoms with van der Waals surface area (Å²) in [6.45, 7) is 0. The van der Waals surface area contributed by atoms with Gasteiger partial charge in [0.25, 0.3) is 5.91 Å². The smallest absolute Gasteiger partial charge is 0.266 e. The zero-order valence-corrected chi connectivity index (χ0v) is 13.5. The minimum atomic E-state index is -0.691. The highest BCUT2D eigenvalue weighted by Gasteiger charge is 2.12. The Balaban J connectivity index is 2.24. The van der Waals surface area contributed by atoms with Crippen molar-refractivity contribution in [2.24, 2.45) is 0 Å². The number of nitriles is 1. The second kappa shape index (κ2) is 7.21. The van der Waals surface area contributed by atoms with Gasteiger partial charge in [-0.1, -0.05) is 39.7 Å². The normalized spacial score (nSPS) is 10.9. The van der Waals surface area contributed by atoms with E-state index >= 15 is 0 Å². The van der Waals surface area contributed by atoms with Crippen LogP contribution < -0.4 is 5.32 Å². The maximum atomic E-state index is 13.7. The van der Waals surface area contributed by atoms with E-state index in [9.17, 15) is 9.18 Å². The van der Waals surface area contributed by atoms with Crippen LogP contribution in [0.1, 0.15) is 5.56 Å². The molecule has 2 aromatic carbocycles. The van der Waals surface area contributed by atoms with Crippen molar-refractivity contribution in [1.82, 2.24) is 0 Å². The molecule has 22 heavy (non-hydrogen) atoms. The highest BCUT2D eigenvalue weighted by Crippen LogP contribution is 2.20. The predicted octanol–water partition coefficient (Wildman–Crippen LogP) is 4.79. The SMILES string of the molecule is N#C/C(=C\c1cccc(Cl)c1)C(=O)Nc1ccc(Br)cc1F. The fourth-order valence-corrected chi connectivity index (χ4v) is 2.22. The van der Waals surface area contributed by atoms with Gasteiger partial charge in [0.15, 0.2) is 0 Å². The third-order valence-corrected chi connectivity index (χ3v) is 3.43. The summed E-state index contributed by atoms with van der Waals surface area (Å²) in [4.78, 5) is 12.1. The monoisotopic (exact) mass is 378 g/mol. The highest BCUT2D eigenvalue weighted by molar-refractivity contribution is 9.10. The summed E-state index contributed by atoms with van der Waals surface area (Å²) in [6, 6.07) is 12.7. The summed E-state index contributed by atoms with van der Waals surface area (Å²) in [6.07, 6.45) is 1.39. The van der Waals surface area contributed by atoms with Gasteiger partial charge in [0.05, 0.1) is 5.69 Å². The summed E-state index contributed by atoms with van der Waals surface area (Å²) in [5, 5.41) is 12.0. The number of nitrogens with zero attached hydrogens (tertiary/aromatic N) is 1. The van der Waals surface area contributed by atoms with Crippen molar-refractivity contribution in [2.75, 3.05) is 5.32 Å². The van der Waals surface area contributed by atoms with Crippen molar-refractivity contribution in [3.63, 3.8) is 0 Å². The molecular weight excluding hydrogens is 371 g/mol. The predicted molar refractivity (Wildman–Crippen MR) is 87.8 cm³/mol. The minimum absolute atomic E-state index is 0.000411. The van der Waals surface area contributed by atoms with Crippen LogP contribution in [0, 0.1) is 17.1 Å². The van der Waals surface area contributed by atoms with Crippen LogP contribution in [-0.2, 0) is 4.79 Å². The number of rotatable bonds is 3. The number of nitrogens with one attached hydrogen (secondary N) is 1. The molecule has 0 unspecified atom stereocenters. The van der Waals surface area contributed by atoms with Crippen molar-refractivity contribution in [3.8, 4) is 6.07 Å². The average molecular weight is 380 g/mol. The lowest BCUT2D eigenvalue weighted by molar-refractivity contribution is -0.112. The number of anilines is 1. The first-order valence-corrected chi connectivity index (χ1v) is 7.30. The lowest BCUT2D eigenvalue weighted by Gasteiger charge is -2.06. The molecule has 0 aliphatic heterocycles. The number of benzene rings is 2. The molecule has 2 aromatic rings. The molecule has 0 heterocycles. The maximum absolute atomic E-state index is 13.7. The molecule has 0 atom stereocenters. The summed E-state index contributed by atoms with van der Waals surface area (Å²) < 4.78 is 14.2. The topological polar surface area (TPSA) is 52.9 Å². The molecule has 0 radical (unpaired) electrons. The van der Waals surface area contributed by atoms with E-state index in [1.807, 2.05) is 0 Å². The zero-order chi connectivity index (χ0) is 16.1. The van der Waals surface area contributed by atoms with E-state index in [1.165, 1.54) is 18.2 Å². The van der Waals surface area contributed by atoms with Gasteiger partial charge in [-0.15, -0.1) is 0 Å². The lowest BCUT2D eigenvalue weighted by atomic mass is 10.1. The van der Waals surface area contributed by atoms with Crippen LogP contribution in [0.25, 0.3) is 6.08 Å². The highest BCUT2D eigenvalue weighted by atomic mass is 79.9. The molecule has 0 fully saturated rings. The molecule has 1 amide bonds. The van der Waals surface area contributed by atoms with Gasteiger partial charge in [0, 0.05) is 9.50 Å². The van der Waals surface area contributed by atoms with Gasteiger partial charge in [0.1, 0.15) is 17.5 Å². The number of hydrogen-bond acceptors (Lipinski definition) is 2. The van der Waals surface area contributed by atoms with Gasteiger partial charge in [-0.05, 0) is 42.0 Å². The summed E-state index contributed by atoms with van der Waals surface area (Å²) in [5.41, 5.74) is 0.459. The standard InChI is InChI=1S/C16H9BrClFN2O/c17-12-4-5-15(14(19)8-12)21-16(22)11(9-20)6-10-2-1-3-13(18)7-10/h1-8H,(H,21,22)/b11-6+. The van der Waals surface area contributed by atoms with Gasteiger partial charge in [-0.3, -0.25) is 4.79 Å². The molecule has 2 rings (SSSR count). The number of amides is 1. The Kier molecular flexibility index (Phi) is 5.31. The third kappa shape index (κ3) is 4.17. The van der Waals surface area contributed by atoms with E-state index in [4.69, 9.17) is 16.9 Å². The maximum Gasteiger partial charge on any atom is 0.266 e. The second-order valence-corrected chi connectivity index (χ2v) is 5.66. The van der Waals surface area contributed by atoms with Gasteiger partial charge >= 0.3 is 0 Å². The van der Waals surface area contributed by atoms with Crippen LogP contribution in [0.5, 0.6) is 0 Å². The van der Waals surface area contributed by atoms with Gasteiger partial charge in [-0.2, -0.15) is 5.26 Å². The van der Waals surface area contributed by atoms with Crippen LogP contribution in [0.2, 0.25) is 5.02 Å². The van der Waals surface area contributed by atoms with Crippen LogP contribution in [-0.4, -0.2) is 5.91 Å². The van der Waals surface area contributed by atoms with E-state index in [1.54, 1.807) is 36.4 Å². The Morgan fingerprint density at radius 2 is 2.09 bits per heavy atom. The Labute approximate surface area is 140 Å². The van der Waals surface area contributed by atoms with E-state index in [-0.39, 0.29) is 11.3 Å². The first-order valence-electron chi connectivity index (χ1n) is 6.13. The van der Waals surface area contributed by atoms with Crippen LogP contribution in [0.4, 0.5) is 10.1 Å². The van der Waals surface area contributed by atoms with Crippen LogP contribution in [0.3, 0.4) is 0 Å². The first kappa shape index (κ1) is 16.2. The summed E-state index contributed by atoms with van der Waals surface area (Å²) >= 11 is 8.98. The quantitative estimate of drug-likeness (QED) is 0.616. The van der Waals surface area contributed by atoms with E-state index in [2.05, 4.69) is 21.2 Å². The van der Waals surface area contributed by atoms with Crippen molar-refractivity contribution < 1.29 is 9.18 Å². The first-order chi connectivity index (χ1) is 10.5. The Morgan fingerprint density at radius 3 is 2.73 bits per heavy atom. The van der Waals surface area contributed by atoms with Crippen LogP contribution in [0.15, 0.2) is 52.5 Å². The molecule has 6 heteroatoms. The molecule has 3 nitrogen and oxygen atoms in total. The van der Waals surface area contributed by atoms with Crippen molar-refractivity contribution >= 4 is 45.2 Å². The fourth-order valence-electron chi connectivity index (χ4n) is 1.69. The molecule has 0 saturated carbocycles. The Bertz CT molecular complexity index is 799. The number of halogens is 3. The molecule has 0 aliphatic carbocycles. The molecule has 1 N–H and O–H groups in total. The molecule has 110 valence electrons. The number of hydrogen-bond donors (Lipinski definition) is 1. The van der Waals surface area contributed by atoms with E-state index in [0.29, 0.717) is 15.1 Å². The van der Waals surface area contributed by atoms with E-state index in [0.717, 1.165) is 0 Å². The third-order valence-electron chi connectivity index (χ3n) is 2.70. The van der Waals surface area contributed by atoms with Gasteiger partial charge in [0.2, 0.25) is 0 Å². The average Bonchev–Trinajstić information content (AvgIpc) is 2.47. The Hall–Kier alpha value is -2.16. The second-order valence-electron chi connectivity index (χ2n) is 4.30. The van der Waals surface area contributed by atoms with Crippen molar-refractivity contribution in [3.05, 3.63) is 68.9 Å². The zero-order valence-electron chi connectivity index (χ0n) is 11.1. The number of carbonyl (C=O) groups is 1. The van der Waals surface area contributed by atoms with Gasteiger partial charge in [-0.25, -0.2) is 4.39 Å². The van der Waals surface area contributed by atoms with Crippen LogP contribution >= 0.6 is 27.5 Å². The molecule has 0 saturated heterocycles. The largest absolute Gasteiger partial charge is 0.319 e. The van der Waals surface area contributed by atoms with E-state index < -0.39 is 11.7 Å². The molecule has 0 bridgehead atoms.